The standard InChI is InChI=1S/C13H23N5S/c1-8(2)11-15-12(17-14)9(3)13(16-11)18(4)10-5-6-19-7-10/h8,10H,5-7,14H2,1-4H3,(H,15,16,17). The molecule has 1 saturated heterocycles. The van der Waals surface area contributed by atoms with Crippen molar-refractivity contribution in [1.29, 1.82) is 0 Å². The molecule has 1 atom stereocenters. The number of hydrogen-bond donors (Lipinski definition) is 2. The third kappa shape index (κ3) is 2.95. The van der Waals surface area contributed by atoms with Crippen molar-refractivity contribution < 1.29 is 0 Å². The second-order valence-electron chi connectivity index (χ2n) is 5.31. The van der Waals surface area contributed by atoms with Gasteiger partial charge < -0.3 is 10.3 Å². The number of aromatic nitrogens is 2. The van der Waals surface area contributed by atoms with Crippen molar-refractivity contribution in [2.75, 3.05) is 28.9 Å². The van der Waals surface area contributed by atoms with Gasteiger partial charge in [-0.3, -0.25) is 0 Å². The molecule has 6 heteroatoms. The van der Waals surface area contributed by atoms with E-state index >= 15 is 0 Å². The molecule has 0 amide bonds. The zero-order chi connectivity index (χ0) is 14.0. The molecule has 2 rings (SSSR count). The molecule has 5 nitrogen and oxygen atoms in total. The Bertz CT molecular complexity index is 443. The van der Waals surface area contributed by atoms with E-state index in [1.54, 1.807) is 0 Å². The van der Waals surface area contributed by atoms with E-state index in [0.717, 1.165) is 23.0 Å². The highest BCUT2D eigenvalue weighted by Crippen LogP contribution is 2.30. The molecule has 1 aliphatic rings. The van der Waals surface area contributed by atoms with E-state index in [1.165, 1.54) is 17.9 Å². The Labute approximate surface area is 119 Å². The van der Waals surface area contributed by atoms with E-state index < -0.39 is 0 Å². The third-order valence-corrected chi connectivity index (χ3v) is 4.72. The molecule has 106 valence electrons. The normalized spacial score (nSPS) is 18.9. The fraction of sp³-hybridized carbons (Fsp3) is 0.692. The summed E-state index contributed by atoms with van der Waals surface area (Å²) in [6.45, 7) is 6.22. The number of nitrogens with zero attached hydrogens (tertiary/aromatic N) is 3. The summed E-state index contributed by atoms with van der Waals surface area (Å²) in [7, 11) is 2.12. The van der Waals surface area contributed by atoms with Crippen molar-refractivity contribution in [3.05, 3.63) is 11.4 Å². The van der Waals surface area contributed by atoms with Gasteiger partial charge in [0.25, 0.3) is 0 Å². The molecule has 19 heavy (non-hydrogen) atoms. The van der Waals surface area contributed by atoms with Gasteiger partial charge in [-0.2, -0.15) is 11.8 Å². The highest BCUT2D eigenvalue weighted by atomic mass is 32.2. The van der Waals surface area contributed by atoms with Crippen LogP contribution in [-0.4, -0.2) is 34.6 Å². The predicted molar refractivity (Wildman–Crippen MR) is 82.8 cm³/mol. The minimum atomic E-state index is 0.290. The quantitative estimate of drug-likeness (QED) is 0.651. The van der Waals surface area contributed by atoms with Crippen molar-refractivity contribution in [2.45, 2.75) is 39.2 Å². The molecule has 0 bridgehead atoms. The molecule has 0 aliphatic carbocycles. The highest BCUT2D eigenvalue weighted by molar-refractivity contribution is 7.99. The molecule has 3 N–H and O–H groups in total. The number of hydrogen-bond acceptors (Lipinski definition) is 6. The zero-order valence-electron chi connectivity index (χ0n) is 12.1. The van der Waals surface area contributed by atoms with E-state index in [0.29, 0.717) is 6.04 Å². The first-order chi connectivity index (χ1) is 9.04. The van der Waals surface area contributed by atoms with Crippen LogP contribution in [0.25, 0.3) is 0 Å². The summed E-state index contributed by atoms with van der Waals surface area (Å²) in [5.41, 5.74) is 3.71. The van der Waals surface area contributed by atoms with Crippen molar-refractivity contribution in [3.8, 4) is 0 Å². The smallest absolute Gasteiger partial charge is 0.148 e. The maximum atomic E-state index is 5.58. The lowest BCUT2D eigenvalue weighted by Gasteiger charge is -2.27. The van der Waals surface area contributed by atoms with Gasteiger partial charge >= 0.3 is 0 Å². The largest absolute Gasteiger partial charge is 0.355 e. The molecule has 1 unspecified atom stereocenters. The predicted octanol–water partition coefficient (Wildman–Crippen LogP) is 2.14. The monoisotopic (exact) mass is 281 g/mol. The molecule has 1 aliphatic heterocycles. The van der Waals surface area contributed by atoms with Gasteiger partial charge in [0.1, 0.15) is 17.5 Å². The lowest BCUT2D eigenvalue weighted by Crippen LogP contribution is -2.33. The molecule has 2 heterocycles. The molecule has 1 fully saturated rings. The molecule has 0 saturated carbocycles. The van der Waals surface area contributed by atoms with Crippen molar-refractivity contribution in [3.63, 3.8) is 0 Å². The van der Waals surface area contributed by atoms with Gasteiger partial charge in [0, 0.05) is 30.3 Å². The number of thioether (sulfide) groups is 1. The fourth-order valence-corrected chi connectivity index (χ4v) is 3.53. The summed E-state index contributed by atoms with van der Waals surface area (Å²) in [5.74, 6) is 10.8. The van der Waals surface area contributed by atoms with Crippen molar-refractivity contribution >= 4 is 23.4 Å². The van der Waals surface area contributed by atoms with Crippen LogP contribution in [0.3, 0.4) is 0 Å². The number of nitrogens with two attached hydrogens (primary N) is 1. The molecular formula is C13H23N5S. The molecule has 1 aromatic rings. The van der Waals surface area contributed by atoms with E-state index in [-0.39, 0.29) is 5.92 Å². The summed E-state index contributed by atoms with van der Waals surface area (Å²) in [6.07, 6.45) is 1.22. The maximum Gasteiger partial charge on any atom is 0.148 e. The van der Waals surface area contributed by atoms with Crippen LogP contribution in [0, 0.1) is 6.92 Å². The fourth-order valence-electron chi connectivity index (χ4n) is 2.26. The van der Waals surface area contributed by atoms with Crippen LogP contribution in [0.4, 0.5) is 11.6 Å². The Morgan fingerprint density at radius 2 is 2.16 bits per heavy atom. The second kappa shape index (κ2) is 5.96. The molecule has 0 aromatic carbocycles. The van der Waals surface area contributed by atoms with Gasteiger partial charge in [0.2, 0.25) is 0 Å². The Morgan fingerprint density at radius 1 is 1.42 bits per heavy atom. The van der Waals surface area contributed by atoms with Crippen LogP contribution in [0.15, 0.2) is 0 Å². The van der Waals surface area contributed by atoms with Crippen molar-refractivity contribution in [1.82, 2.24) is 9.97 Å². The van der Waals surface area contributed by atoms with E-state index in [1.807, 2.05) is 18.7 Å². The SMILES string of the molecule is Cc1c(NN)nc(C(C)C)nc1N(C)C1CCSC1. The van der Waals surface area contributed by atoms with E-state index in [4.69, 9.17) is 10.8 Å². The molecule has 0 spiro atoms. The minimum Gasteiger partial charge on any atom is -0.355 e. The minimum absolute atomic E-state index is 0.290. The Balaban J connectivity index is 2.39. The summed E-state index contributed by atoms with van der Waals surface area (Å²) in [4.78, 5) is 11.5. The van der Waals surface area contributed by atoms with Crippen LogP contribution in [0.1, 0.15) is 37.6 Å². The molecular weight excluding hydrogens is 258 g/mol. The number of nitrogen functional groups attached to an aromatic ring is 1. The maximum absolute atomic E-state index is 5.58. The first-order valence-corrected chi connectivity index (χ1v) is 7.85. The summed E-state index contributed by atoms with van der Waals surface area (Å²) >= 11 is 2.01. The average Bonchev–Trinajstić information content (AvgIpc) is 2.91. The Kier molecular flexibility index (Phi) is 4.52. The Morgan fingerprint density at radius 3 is 2.68 bits per heavy atom. The topological polar surface area (TPSA) is 67.1 Å². The van der Waals surface area contributed by atoms with E-state index in [9.17, 15) is 0 Å². The first-order valence-electron chi connectivity index (χ1n) is 6.70. The second-order valence-corrected chi connectivity index (χ2v) is 6.46. The summed E-state index contributed by atoms with van der Waals surface area (Å²) in [6, 6.07) is 0.559. The van der Waals surface area contributed by atoms with Crippen molar-refractivity contribution in [2.24, 2.45) is 5.84 Å². The van der Waals surface area contributed by atoms with Gasteiger partial charge in [-0.25, -0.2) is 15.8 Å². The first kappa shape index (κ1) is 14.4. The lowest BCUT2D eigenvalue weighted by atomic mass is 10.1. The highest BCUT2D eigenvalue weighted by Gasteiger charge is 2.24. The lowest BCUT2D eigenvalue weighted by molar-refractivity contribution is 0.678. The van der Waals surface area contributed by atoms with Crippen LogP contribution in [0.5, 0.6) is 0 Å². The summed E-state index contributed by atoms with van der Waals surface area (Å²) in [5, 5.41) is 0. The van der Waals surface area contributed by atoms with Crippen LogP contribution >= 0.6 is 11.8 Å². The third-order valence-electron chi connectivity index (χ3n) is 3.58. The number of rotatable bonds is 4. The van der Waals surface area contributed by atoms with Gasteiger partial charge in [-0.1, -0.05) is 13.8 Å². The van der Waals surface area contributed by atoms with Gasteiger partial charge in [0.05, 0.1) is 0 Å². The number of hydrazine groups is 1. The summed E-state index contributed by atoms with van der Waals surface area (Å²) < 4.78 is 0. The van der Waals surface area contributed by atoms with Gasteiger partial charge in [-0.15, -0.1) is 0 Å². The van der Waals surface area contributed by atoms with Crippen LogP contribution in [0.2, 0.25) is 0 Å². The molecule has 1 aromatic heterocycles. The number of nitrogens with one attached hydrogen (secondary N) is 1. The molecule has 0 radical (unpaired) electrons. The average molecular weight is 281 g/mol. The van der Waals surface area contributed by atoms with E-state index in [2.05, 4.69) is 36.2 Å². The van der Waals surface area contributed by atoms with Gasteiger partial charge in [0.15, 0.2) is 0 Å². The number of anilines is 2. The van der Waals surface area contributed by atoms with Crippen LogP contribution < -0.4 is 16.2 Å². The Hall–Kier alpha value is -1.01. The zero-order valence-corrected chi connectivity index (χ0v) is 12.9. The van der Waals surface area contributed by atoms with Crippen LogP contribution in [-0.2, 0) is 0 Å². The van der Waals surface area contributed by atoms with Gasteiger partial charge in [-0.05, 0) is 19.1 Å².